The zero-order valence-electron chi connectivity index (χ0n) is 30.6. The maximum Gasteiger partial charge on any atom is 0.338 e. The molecular weight excluding hydrogens is 564 g/mol. The van der Waals surface area contributed by atoms with Crippen molar-refractivity contribution >= 4 is 5.97 Å². The Kier molecular flexibility index (Phi) is 12.4. The molecule has 1 aromatic rings. The van der Waals surface area contributed by atoms with Crippen LogP contribution in [0.15, 0.2) is 35.9 Å². The lowest BCUT2D eigenvalue weighted by molar-refractivity contribution is -0.0594. The number of benzene rings is 1. The number of fused-ring (bicyclic) bond motifs is 5. The summed E-state index contributed by atoms with van der Waals surface area (Å²) in [5, 5.41) is 0. The van der Waals surface area contributed by atoms with Crippen LogP contribution in [0, 0.1) is 46.3 Å². The Labute approximate surface area is 283 Å². The molecule has 3 fully saturated rings. The number of allylic oxidation sites excluding steroid dienone is 1. The van der Waals surface area contributed by atoms with Crippen LogP contribution in [0.2, 0.25) is 0 Å². The van der Waals surface area contributed by atoms with Crippen LogP contribution in [0.5, 0.6) is 5.75 Å². The van der Waals surface area contributed by atoms with Gasteiger partial charge in [-0.05, 0) is 122 Å². The van der Waals surface area contributed by atoms with Gasteiger partial charge in [0.1, 0.15) is 11.9 Å². The van der Waals surface area contributed by atoms with Crippen LogP contribution in [-0.2, 0) is 4.74 Å². The molecule has 8 unspecified atom stereocenters. The molecule has 0 heterocycles. The van der Waals surface area contributed by atoms with Crippen LogP contribution in [0.3, 0.4) is 0 Å². The van der Waals surface area contributed by atoms with E-state index < -0.39 is 0 Å². The van der Waals surface area contributed by atoms with Gasteiger partial charge in [0.2, 0.25) is 0 Å². The molecule has 0 aromatic heterocycles. The predicted molar refractivity (Wildman–Crippen MR) is 192 cm³/mol. The largest absolute Gasteiger partial charge is 0.494 e. The van der Waals surface area contributed by atoms with Crippen LogP contribution < -0.4 is 4.74 Å². The molecule has 4 aliphatic carbocycles. The molecule has 0 bridgehead atoms. The molecule has 4 aliphatic rings. The van der Waals surface area contributed by atoms with Crippen molar-refractivity contribution in [3.63, 3.8) is 0 Å². The van der Waals surface area contributed by atoms with Gasteiger partial charge in [-0.2, -0.15) is 0 Å². The van der Waals surface area contributed by atoms with E-state index in [0.29, 0.717) is 11.0 Å². The molecule has 258 valence electrons. The average molecular weight is 633 g/mol. The molecule has 0 spiro atoms. The maximum atomic E-state index is 13.2. The van der Waals surface area contributed by atoms with Gasteiger partial charge in [0.05, 0.1) is 12.2 Å². The molecule has 0 amide bonds. The second kappa shape index (κ2) is 16.1. The van der Waals surface area contributed by atoms with Crippen LogP contribution in [0.4, 0.5) is 0 Å². The molecule has 3 heteroatoms. The molecule has 8 atom stereocenters. The van der Waals surface area contributed by atoms with Crippen molar-refractivity contribution in [3.05, 3.63) is 41.5 Å². The van der Waals surface area contributed by atoms with Gasteiger partial charge in [-0.3, -0.25) is 0 Å². The quantitative estimate of drug-likeness (QED) is 0.103. The second-order valence-electron chi connectivity index (χ2n) is 17.1. The summed E-state index contributed by atoms with van der Waals surface area (Å²) < 4.78 is 12.1. The molecule has 0 N–H and O–H groups in total. The maximum absolute atomic E-state index is 13.2. The van der Waals surface area contributed by atoms with Crippen LogP contribution in [0.25, 0.3) is 0 Å². The summed E-state index contributed by atoms with van der Waals surface area (Å²) in [5.41, 5.74) is 3.03. The Morgan fingerprint density at radius 2 is 1.59 bits per heavy atom. The van der Waals surface area contributed by atoms with Crippen molar-refractivity contribution in [2.75, 3.05) is 6.61 Å². The molecule has 5 rings (SSSR count). The summed E-state index contributed by atoms with van der Waals surface area (Å²) in [6.45, 7) is 15.6. The first-order chi connectivity index (χ1) is 22.2. The zero-order chi connectivity index (χ0) is 32.7. The number of carbonyl (C=O) groups is 1. The van der Waals surface area contributed by atoms with Crippen molar-refractivity contribution in [2.45, 2.75) is 163 Å². The number of ether oxygens (including phenoxy) is 2. The van der Waals surface area contributed by atoms with Gasteiger partial charge < -0.3 is 9.47 Å². The molecule has 0 saturated heterocycles. The van der Waals surface area contributed by atoms with E-state index in [4.69, 9.17) is 9.47 Å². The van der Waals surface area contributed by atoms with Crippen molar-refractivity contribution in [1.82, 2.24) is 0 Å². The highest BCUT2D eigenvalue weighted by Crippen LogP contribution is 2.67. The number of esters is 1. The zero-order valence-corrected chi connectivity index (χ0v) is 30.6. The third kappa shape index (κ3) is 8.08. The Morgan fingerprint density at radius 3 is 2.33 bits per heavy atom. The van der Waals surface area contributed by atoms with E-state index in [1.54, 1.807) is 5.57 Å². The highest BCUT2D eigenvalue weighted by atomic mass is 16.5. The number of hydrogen-bond acceptors (Lipinski definition) is 3. The van der Waals surface area contributed by atoms with Crippen molar-refractivity contribution in [3.8, 4) is 5.75 Å². The Morgan fingerprint density at radius 1 is 0.848 bits per heavy atom. The summed E-state index contributed by atoms with van der Waals surface area (Å²) in [7, 11) is 0. The monoisotopic (exact) mass is 633 g/mol. The highest BCUT2D eigenvalue weighted by Gasteiger charge is 2.59. The minimum absolute atomic E-state index is 0.00645. The fourth-order valence-corrected chi connectivity index (χ4v) is 10.9. The van der Waals surface area contributed by atoms with E-state index >= 15 is 0 Å². The molecule has 3 nitrogen and oxygen atoms in total. The van der Waals surface area contributed by atoms with Gasteiger partial charge in [-0.15, -0.1) is 0 Å². The van der Waals surface area contributed by atoms with E-state index in [1.165, 1.54) is 89.9 Å². The summed E-state index contributed by atoms with van der Waals surface area (Å²) in [6, 6.07) is 7.60. The Hall–Kier alpha value is -1.77. The Balaban J connectivity index is 1.10. The second-order valence-corrected chi connectivity index (χ2v) is 17.1. The van der Waals surface area contributed by atoms with Crippen molar-refractivity contribution in [1.29, 1.82) is 0 Å². The molecular formula is C43H68O3. The van der Waals surface area contributed by atoms with Gasteiger partial charge in [-0.1, -0.05) is 111 Å². The molecule has 0 radical (unpaired) electrons. The summed E-state index contributed by atoms with van der Waals surface area (Å²) in [6.07, 6.45) is 25.7. The fraction of sp³-hybridized carbons (Fsp3) is 0.791. The van der Waals surface area contributed by atoms with Gasteiger partial charge >= 0.3 is 5.97 Å². The van der Waals surface area contributed by atoms with Crippen LogP contribution >= 0.6 is 0 Å². The molecule has 3 saturated carbocycles. The van der Waals surface area contributed by atoms with Crippen molar-refractivity contribution < 1.29 is 14.3 Å². The number of hydrogen-bond donors (Lipinski definition) is 0. The topological polar surface area (TPSA) is 35.5 Å². The third-order valence-electron chi connectivity index (χ3n) is 13.6. The first-order valence-corrected chi connectivity index (χ1v) is 19.8. The number of rotatable bonds is 16. The minimum atomic E-state index is -0.186. The van der Waals surface area contributed by atoms with Crippen molar-refractivity contribution in [2.24, 2.45) is 46.3 Å². The van der Waals surface area contributed by atoms with Gasteiger partial charge in [0.15, 0.2) is 0 Å². The number of unbranched alkanes of at least 4 members (excludes halogenated alkanes) is 6. The predicted octanol–water partition coefficient (Wildman–Crippen LogP) is 12.4. The molecule has 1 aromatic carbocycles. The van der Waals surface area contributed by atoms with Crippen LogP contribution in [-0.4, -0.2) is 18.7 Å². The first kappa shape index (κ1) is 35.5. The third-order valence-corrected chi connectivity index (χ3v) is 13.6. The van der Waals surface area contributed by atoms with E-state index in [2.05, 4.69) is 47.6 Å². The summed E-state index contributed by atoms with van der Waals surface area (Å²) in [4.78, 5) is 13.2. The average Bonchev–Trinajstić information content (AvgIpc) is 3.40. The van der Waals surface area contributed by atoms with Gasteiger partial charge in [-0.25, -0.2) is 4.79 Å². The molecule has 46 heavy (non-hydrogen) atoms. The lowest BCUT2D eigenvalue weighted by Crippen LogP contribution is -2.51. The lowest BCUT2D eigenvalue weighted by Gasteiger charge is -2.58. The smallest absolute Gasteiger partial charge is 0.338 e. The standard InChI is InChI=1S/C43H68O3/c1-7-8-9-10-11-12-13-29-45-35-20-17-33(18-21-35)41(44)46-36-25-27-42(5)34(30-36)19-22-37-39-24-23-38(32(4)16-14-15-31(2)3)43(39,6)28-26-40(37)42/h17-21,31-32,36-40H,7-16,22-30H2,1-6H3. The fourth-order valence-electron chi connectivity index (χ4n) is 10.9. The summed E-state index contributed by atoms with van der Waals surface area (Å²) >= 11 is 0. The first-order valence-electron chi connectivity index (χ1n) is 19.8. The Bertz CT molecular complexity index is 1140. The van der Waals surface area contributed by atoms with Crippen LogP contribution in [0.1, 0.15) is 167 Å². The summed E-state index contributed by atoms with van der Waals surface area (Å²) in [5.74, 6) is 5.77. The normalized spacial score (nSPS) is 32.7. The van der Waals surface area contributed by atoms with Gasteiger partial charge in [0.25, 0.3) is 0 Å². The van der Waals surface area contributed by atoms with E-state index in [-0.39, 0.29) is 17.5 Å². The molecule has 0 aliphatic heterocycles. The lowest BCUT2D eigenvalue weighted by atomic mass is 9.47. The van der Waals surface area contributed by atoms with E-state index in [1.807, 2.05) is 24.3 Å². The highest BCUT2D eigenvalue weighted by molar-refractivity contribution is 5.89. The minimum Gasteiger partial charge on any atom is -0.494 e. The van der Waals surface area contributed by atoms with E-state index in [0.717, 1.165) is 73.5 Å². The van der Waals surface area contributed by atoms with E-state index in [9.17, 15) is 4.79 Å². The van der Waals surface area contributed by atoms with Gasteiger partial charge in [0, 0.05) is 6.42 Å². The number of carbonyl (C=O) groups excluding carboxylic acids is 1. The SMILES string of the molecule is CCCCCCCCCOc1ccc(C(=O)OC2CCC3(C)C(=CCC4C3CCC3(C)C(C(C)CCCC(C)C)CCC43)C2)cc1.